The number of nitrogens with two attached hydrogens (primary N) is 1. The van der Waals surface area contributed by atoms with Crippen molar-refractivity contribution in [2.45, 2.75) is 45.3 Å². The number of primary amides is 1. The minimum atomic E-state index is -0.830. The topological polar surface area (TPSA) is 111 Å². The van der Waals surface area contributed by atoms with Gasteiger partial charge in [0.2, 0.25) is 5.91 Å². The fourth-order valence-electron chi connectivity index (χ4n) is 3.14. The highest BCUT2D eigenvalue weighted by Crippen LogP contribution is 2.37. The van der Waals surface area contributed by atoms with Crippen molar-refractivity contribution < 1.29 is 19.1 Å². The van der Waals surface area contributed by atoms with Crippen LogP contribution >= 0.6 is 11.3 Å². The number of carbonyl (C=O) groups is 3. The number of amides is 3. The average Bonchev–Trinajstić information content (AvgIpc) is 3.05. The molecule has 4 N–H and O–H groups in total. The molecule has 0 unspecified atom stereocenters. The molecule has 1 aromatic heterocycles. The highest BCUT2D eigenvalue weighted by atomic mass is 32.1. The monoisotopic (exact) mass is 401 g/mol. The Morgan fingerprint density at radius 1 is 1.18 bits per heavy atom. The minimum Gasteiger partial charge on any atom is -0.445 e. The maximum absolute atomic E-state index is 12.5. The van der Waals surface area contributed by atoms with Gasteiger partial charge in [-0.3, -0.25) is 9.59 Å². The van der Waals surface area contributed by atoms with Crippen molar-refractivity contribution in [2.75, 3.05) is 5.32 Å². The second kappa shape index (κ2) is 8.88. The molecule has 0 spiro atoms. The lowest BCUT2D eigenvalue weighted by atomic mass is 9.95. The van der Waals surface area contributed by atoms with E-state index in [1.165, 1.54) is 11.3 Å². The van der Waals surface area contributed by atoms with E-state index in [0.717, 1.165) is 41.7 Å². The van der Waals surface area contributed by atoms with E-state index >= 15 is 0 Å². The summed E-state index contributed by atoms with van der Waals surface area (Å²) >= 11 is 1.39. The smallest absolute Gasteiger partial charge is 0.408 e. The Bertz CT molecular complexity index is 879. The molecule has 0 fully saturated rings. The first-order valence-electron chi connectivity index (χ1n) is 9.18. The van der Waals surface area contributed by atoms with Gasteiger partial charge in [-0.05, 0) is 43.7 Å². The highest BCUT2D eigenvalue weighted by molar-refractivity contribution is 7.17. The lowest BCUT2D eigenvalue weighted by Crippen LogP contribution is -2.41. The molecule has 2 aromatic rings. The number of anilines is 1. The molecule has 0 bridgehead atoms. The lowest BCUT2D eigenvalue weighted by Gasteiger charge is -2.14. The summed E-state index contributed by atoms with van der Waals surface area (Å²) in [6.07, 6.45) is 3.05. The number of hydrogen-bond donors (Lipinski definition) is 3. The zero-order valence-corrected chi connectivity index (χ0v) is 16.4. The average molecular weight is 401 g/mol. The second-order valence-electron chi connectivity index (χ2n) is 6.70. The fraction of sp³-hybridized carbons (Fsp3) is 0.350. The van der Waals surface area contributed by atoms with Crippen LogP contribution in [0, 0.1) is 0 Å². The van der Waals surface area contributed by atoms with Crippen LogP contribution in [-0.2, 0) is 29.0 Å². The molecular weight excluding hydrogens is 378 g/mol. The van der Waals surface area contributed by atoms with Gasteiger partial charge in [0.1, 0.15) is 17.6 Å². The van der Waals surface area contributed by atoms with E-state index in [0.29, 0.717) is 10.6 Å². The predicted octanol–water partition coefficient (Wildman–Crippen LogP) is 2.98. The molecule has 7 nitrogen and oxygen atoms in total. The number of ether oxygens (including phenoxy) is 1. The van der Waals surface area contributed by atoms with Crippen LogP contribution in [0.25, 0.3) is 0 Å². The van der Waals surface area contributed by atoms with Crippen LogP contribution in [0.1, 0.15) is 46.1 Å². The summed E-state index contributed by atoms with van der Waals surface area (Å²) in [5, 5.41) is 5.69. The minimum absolute atomic E-state index is 0.116. The van der Waals surface area contributed by atoms with Crippen molar-refractivity contribution in [1.29, 1.82) is 0 Å². The summed E-state index contributed by atoms with van der Waals surface area (Å²) < 4.78 is 5.13. The number of fused-ring (bicyclic) bond motifs is 1. The van der Waals surface area contributed by atoms with Crippen molar-refractivity contribution in [2.24, 2.45) is 5.73 Å². The van der Waals surface area contributed by atoms with Gasteiger partial charge in [0, 0.05) is 4.88 Å². The number of benzene rings is 1. The maximum atomic E-state index is 12.5. The van der Waals surface area contributed by atoms with E-state index in [1.54, 1.807) is 6.92 Å². The van der Waals surface area contributed by atoms with Gasteiger partial charge in [0.05, 0.1) is 5.56 Å². The van der Waals surface area contributed by atoms with Gasteiger partial charge in [-0.15, -0.1) is 11.3 Å². The zero-order chi connectivity index (χ0) is 20.1. The first-order valence-corrected chi connectivity index (χ1v) is 9.99. The SMILES string of the molecule is C[C@H](NC(=O)OCc1ccccc1)C(=O)Nc1sc2c(c1C(N)=O)CCCC2. The first kappa shape index (κ1) is 19.9. The molecule has 3 amide bonds. The van der Waals surface area contributed by atoms with Crippen LogP contribution < -0.4 is 16.4 Å². The van der Waals surface area contributed by atoms with E-state index in [-0.39, 0.29) is 6.61 Å². The van der Waals surface area contributed by atoms with E-state index in [4.69, 9.17) is 10.5 Å². The molecule has 1 aliphatic rings. The van der Waals surface area contributed by atoms with E-state index in [1.807, 2.05) is 30.3 Å². The Morgan fingerprint density at radius 2 is 1.89 bits per heavy atom. The van der Waals surface area contributed by atoms with E-state index in [2.05, 4.69) is 10.6 Å². The van der Waals surface area contributed by atoms with Crippen molar-refractivity contribution in [3.8, 4) is 0 Å². The Balaban J connectivity index is 1.59. The summed E-state index contributed by atoms with van der Waals surface area (Å²) in [4.78, 5) is 37.4. The number of rotatable bonds is 6. The number of thiophene rings is 1. The van der Waals surface area contributed by atoms with Gasteiger partial charge in [-0.25, -0.2) is 4.79 Å². The summed E-state index contributed by atoms with van der Waals surface area (Å²) in [7, 11) is 0. The molecule has 28 heavy (non-hydrogen) atoms. The fourth-order valence-corrected chi connectivity index (χ4v) is 4.44. The third kappa shape index (κ3) is 4.69. The van der Waals surface area contributed by atoms with Gasteiger partial charge < -0.3 is 21.1 Å². The summed E-state index contributed by atoms with van der Waals surface area (Å²) in [6, 6.07) is 8.43. The van der Waals surface area contributed by atoms with Gasteiger partial charge in [0.25, 0.3) is 5.91 Å². The number of alkyl carbamates (subject to hydrolysis) is 1. The van der Waals surface area contributed by atoms with Crippen LogP contribution in [-0.4, -0.2) is 23.9 Å². The van der Waals surface area contributed by atoms with Crippen LogP contribution in [0.5, 0.6) is 0 Å². The van der Waals surface area contributed by atoms with E-state index < -0.39 is 23.9 Å². The van der Waals surface area contributed by atoms with Crippen molar-refractivity contribution >= 4 is 34.2 Å². The third-order valence-corrected chi connectivity index (χ3v) is 5.80. The molecule has 1 aliphatic carbocycles. The Morgan fingerprint density at radius 3 is 2.61 bits per heavy atom. The van der Waals surface area contributed by atoms with Crippen LogP contribution in [0.4, 0.5) is 9.80 Å². The molecule has 1 atom stereocenters. The van der Waals surface area contributed by atoms with Crippen LogP contribution in [0.2, 0.25) is 0 Å². The molecule has 148 valence electrons. The first-order chi connectivity index (χ1) is 13.5. The largest absolute Gasteiger partial charge is 0.445 e. The van der Waals surface area contributed by atoms with Crippen molar-refractivity contribution in [1.82, 2.24) is 5.32 Å². The quantitative estimate of drug-likeness (QED) is 0.691. The number of aryl methyl sites for hydroxylation is 1. The zero-order valence-electron chi connectivity index (χ0n) is 15.6. The molecule has 0 radical (unpaired) electrons. The van der Waals surface area contributed by atoms with E-state index in [9.17, 15) is 14.4 Å². The van der Waals surface area contributed by atoms with Gasteiger partial charge in [-0.1, -0.05) is 30.3 Å². The summed E-state index contributed by atoms with van der Waals surface area (Å²) in [5.41, 5.74) is 7.73. The van der Waals surface area contributed by atoms with Crippen LogP contribution in [0.3, 0.4) is 0 Å². The second-order valence-corrected chi connectivity index (χ2v) is 7.80. The molecule has 8 heteroatoms. The molecule has 0 saturated carbocycles. The number of carbonyl (C=O) groups excluding carboxylic acids is 3. The summed E-state index contributed by atoms with van der Waals surface area (Å²) in [6.45, 7) is 1.67. The van der Waals surface area contributed by atoms with Gasteiger partial charge in [0.15, 0.2) is 0 Å². The Hall–Kier alpha value is -2.87. The molecule has 1 heterocycles. The third-order valence-electron chi connectivity index (χ3n) is 4.59. The molecule has 3 rings (SSSR count). The molecule has 0 aliphatic heterocycles. The Labute approximate surface area is 167 Å². The Kier molecular flexibility index (Phi) is 6.30. The van der Waals surface area contributed by atoms with Crippen molar-refractivity contribution in [3.05, 3.63) is 51.9 Å². The lowest BCUT2D eigenvalue weighted by molar-refractivity contribution is -0.117. The number of hydrogen-bond acceptors (Lipinski definition) is 5. The molecule has 0 saturated heterocycles. The predicted molar refractivity (Wildman–Crippen MR) is 107 cm³/mol. The number of nitrogens with one attached hydrogen (secondary N) is 2. The van der Waals surface area contributed by atoms with Crippen LogP contribution in [0.15, 0.2) is 30.3 Å². The standard InChI is InChI=1S/C20H23N3O4S/c1-12(22-20(26)27-11-13-7-3-2-4-8-13)18(25)23-19-16(17(21)24)14-9-5-6-10-15(14)28-19/h2-4,7-8,12H,5-6,9-11H2,1H3,(H2,21,24)(H,22,26)(H,23,25)/t12-/m0/s1. The molecule has 1 aromatic carbocycles. The van der Waals surface area contributed by atoms with Gasteiger partial charge >= 0.3 is 6.09 Å². The van der Waals surface area contributed by atoms with Crippen molar-refractivity contribution in [3.63, 3.8) is 0 Å². The summed E-state index contributed by atoms with van der Waals surface area (Å²) in [5.74, 6) is -0.977. The van der Waals surface area contributed by atoms with Gasteiger partial charge in [-0.2, -0.15) is 0 Å². The maximum Gasteiger partial charge on any atom is 0.408 e. The highest BCUT2D eigenvalue weighted by Gasteiger charge is 2.26. The normalized spacial score (nSPS) is 13.9. The molecular formula is C20H23N3O4S.